The Kier molecular flexibility index (Phi) is 6.15. The molecule has 1 unspecified atom stereocenters. The predicted octanol–water partition coefficient (Wildman–Crippen LogP) is 3.26. The van der Waals surface area contributed by atoms with E-state index < -0.39 is 0 Å². The molecule has 0 aromatic heterocycles. The average Bonchev–Trinajstić information content (AvgIpc) is 2.50. The van der Waals surface area contributed by atoms with E-state index in [9.17, 15) is 4.79 Å². The number of benzene rings is 1. The van der Waals surface area contributed by atoms with E-state index in [-0.39, 0.29) is 11.9 Å². The van der Waals surface area contributed by atoms with Gasteiger partial charge in [0.15, 0.2) is 5.75 Å². The van der Waals surface area contributed by atoms with Crippen molar-refractivity contribution in [2.45, 2.75) is 12.8 Å². The lowest BCUT2D eigenvalue weighted by Gasteiger charge is -2.31. The summed E-state index contributed by atoms with van der Waals surface area (Å²) >= 11 is 12.1. The molecule has 1 aliphatic heterocycles. The molecule has 0 radical (unpaired) electrons. The van der Waals surface area contributed by atoms with Gasteiger partial charge in [-0.3, -0.25) is 9.69 Å². The molecule has 1 saturated heterocycles. The number of carbonyl (C=O) groups is 1. The molecule has 0 N–H and O–H groups in total. The molecule has 116 valence electrons. The van der Waals surface area contributed by atoms with Crippen LogP contribution in [0.25, 0.3) is 0 Å². The van der Waals surface area contributed by atoms with Crippen LogP contribution >= 0.6 is 23.2 Å². The molecule has 0 saturated carbocycles. The van der Waals surface area contributed by atoms with Crippen LogP contribution in [0.2, 0.25) is 10.0 Å². The second-order valence-corrected chi connectivity index (χ2v) is 5.88. The van der Waals surface area contributed by atoms with E-state index in [0.717, 1.165) is 25.9 Å². The summed E-state index contributed by atoms with van der Waals surface area (Å²) in [5.41, 5.74) is 0. The third-order valence-electron chi connectivity index (χ3n) is 3.61. The van der Waals surface area contributed by atoms with Gasteiger partial charge >= 0.3 is 5.97 Å². The van der Waals surface area contributed by atoms with Gasteiger partial charge in [0.05, 0.1) is 23.1 Å². The Morgan fingerprint density at radius 2 is 2.10 bits per heavy atom. The quantitative estimate of drug-likeness (QED) is 0.776. The number of methoxy groups -OCH3 is 1. The summed E-state index contributed by atoms with van der Waals surface area (Å²) < 4.78 is 10.5. The Morgan fingerprint density at radius 1 is 1.38 bits per heavy atom. The van der Waals surface area contributed by atoms with Crippen LogP contribution in [0.1, 0.15) is 12.8 Å². The van der Waals surface area contributed by atoms with Crippen molar-refractivity contribution in [2.75, 3.05) is 33.4 Å². The zero-order chi connectivity index (χ0) is 15.2. The van der Waals surface area contributed by atoms with Crippen molar-refractivity contribution in [3.8, 4) is 5.75 Å². The van der Waals surface area contributed by atoms with Gasteiger partial charge in [-0.15, -0.1) is 0 Å². The van der Waals surface area contributed by atoms with Crippen molar-refractivity contribution in [1.82, 2.24) is 4.90 Å². The zero-order valence-corrected chi connectivity index (χ0v) is 13.5. The van der Waals surface area contributed by atoms with E-state index in [0.29, 0.717) is 28.9 Å². The maximum Gasteiger partial charge on any atom is 0.309 e. The van der Waals surface area contributed by atoms with Gasteiger partial charge in [-0.1, -0.05) is 29.3 Å². The highest BCUT2D eigenvalue weighted by Crippen LogP contribution is 2.32. The maximum absolute atomic E-state index is 11.6. The molecule has 4 nitrogen and oxygen atoms in total. The van der Waals surface area contributed by atoms with Gasteiger partial charge in [0, 0.05) is 13.1 Å². The van der Waals surface area contributed by atoms with Gasteiger partial charge in [-0.05, 0) is 31.5 Å². The molecule has 21 heavy (non-hydrogen) atoms. The molecule has 0 spiro atoms. The normalized spacial score (nSPS) is 19.3. The van der Waals surface area contributed by atoms with Crippen LogP contribution in [-0.4, -0.2) is 44.2 Å². The van der Waals surface area contributed by atoms with Crippen LogP contribution in [0.3, 0.4) is 0 Å². The molecule has 1 aliphatic rings. The summed E-state index contributed by atoms with van der Waals surface area (Å²) in [6.07, 6.45) is 1.88. The van der Waals surface area contributed by atoms with Crippen molar-refractivity contribution in [3.05, 3.63) is 28.2 Å². The zero-order valence-electron chi connectivity index (χ0n) is 12.0. The monoisotopic (exact) mass is 331 g/mol. The number of hydrogen-bond donors (Lipinski definition) is 0. The number of likely N-dealkylation sites (tertiary alicyclic amines) is 1. The van der Waals surface area contributed by atoms with Crippen LogP contribution in [0.5, 0.6) is 5.75 Å². The van der Waals surface area contributed by atoms with Crippen LogP contribution in [-0.2, 0) is 9.53 Å². The number of ether oxygens (including phenoxy) is 2. The molecule has 1 atom stereocenters. The summed E-state index contributed by atoms with van der Waals surface area (Å²) in [5.74, 6) is 0.352. The van der Waals surface area contributed by atoms with Crippen LogP contribution < -0.4 is 4.74 Å². The standard InChI is InChI=1S/C15H19Cl2NO3/c1-20-15(19)11-4-3-7-18(10-11)8-9-21-14-12(16)5-2-6-13(14)17/h2,5-6,11H,3-4,7-10H2,1H3. The molecular formula is C15H19Cl2NO3. The molecule has 0 amide bonds. The summed E-state index contributed by atoms with van der Waals surface area (Å²) in [6, 6.07) is 5.27. The van der Waals surface area contributed by atoms with Crippen LogP contribution in [0.4, 0.5) is 0 Å². The Balaban J connectivity index is 1.82. The second kappa shape index (κ2) is 7.87. The number of esters is 1. The molecule has 2 rings (SSSR count). The lowest BCUT2D eigenvalue weighted by molar-refractivity contribution is -0.147. The minimum Gasteiger partial charge on any atom is -0.489 e. The molecule has 0 aliphatic carbocycles. The lowest BCUT2D eigenvalue weighted by atomic mass is 9.98. The van der Waals surface area contributed by atoms with E-state index >= 15 is 0 Å². The maximum atomic E-state index is 11.6. The van der Waals surface area contributed by atoms with Gasteiger partial charge in [-0.2, -0.15) is 0 Å². The Hall–Kier alpha value is -0.970. The van der Waals surface area contributed by atoms with Gasteiger partial charge in [-0.25, -0.2) is 0 Å². The van der Waals surface area contributed by atoms with Crippen LogP contribution in [0.15, 0.2) is 18.2 Å². The first kappa shape index (κ1) is 16.4. The number of hydrogen-bond acceptors (Lipinski definition) is 4. The number of carbonyl (C=O) groups excluding carboxylic acids is 1. The first-order valence-electron chi connectivity index (χ1n) is 6.99. The fraction of sp³-hybridized carbons (Fsp3) is 0.533. The Bertz CT molecular complexity index is 476. The van der Waals surface area contributed by atoms with Gasteiger partial charge in [0.25, 0.3) is 0 Å². The summed E-state index contributed by atoms with van der Waals surface area (Å²) in [5, 5.41) is 1.02. The molecule has 6 heteroatoms. The molecule has 1 aromatic carbocycles. The Labute approximate surface area is 134 Å². The van der Waals surface area contributed by atoms with Crippen molar-refractivity contribution in [3.63, 3.8) is 0 Å². The first-order chi connectivity index (χ1) is 10.1. The van der Waals surface area contributed by atoms with E-state index in [2.05, 4.69) is 4.90 Å². The predicted molar refractivity (Wildman–Crippen MR) is 83.1 cm³/mol. The largest absolute Gasteiger partial charge is 0.489 e. The topological polar surface area (TPSA) is 38.8 Å². The minimum absolute atomic E-state index is 0.0346. The van der Waals surface area contributed by atoms with Crippen LogP contribution in [0, 0.1) is 5.92 Å². The van der Waals surface area contributed by atoms with Crippen molar-refractivity contribution < 1.29 is 14.3 Å². The van der Waals surface area contributed by atoms with E-state index in [1.807, 2.05) is 0 Å². The SMILES string of the molecule is COC(=O)C1CCCN(CCOc2c(Cl)cccc2Cl)C1. The van der Waals surface area contributed by atoms with E-state index in [1.165, 1.54) is 7.11 Å². The fourth-order valence-corrected chi connectivity index (χ4v) is 3.02. The number of rotatable bonds is 5. The lowest BCUT2D eigenvalue weighted by Crippen LogP contribution is -2.41. The van der Waals surface area contributed by atoms with Gasteiger partial charge < -0.3 is 9.47 Å². The molecule has 1 fully saturated rings. The van der Waals surface area contributed by atoms with Gasteiger partial charge in [0.1, 0.15) is 6.61 Å². The minimum atomic E-state index is -0.130. The van der Waals surface area contributed by atoms with Crippen molar-refractivity contribution >= 4 is 29.2 Å². The molecule has 0 bridgehead atoms. The van der Waals surface area contributed by atoms with Crippen molar-refractivity contribution in [2.24, 2.45) is 5.92 Å². The summed E-state index contributed by atoms with van der Waals surface area (Å²) in [4.78, 5) is 13.8. The smallest absolute Gasteiger partial charge is 0.309 e. The number of halogens is 2. The molecule has 1 heterocycles. The average molecular weight is 332 g/mol. The van der Waals surface area contributed by atoms with E-state index in [1.54, 1.807) is 18.2 Å². The van der Waals surface area contributed by atoms with Gasteiger partial charge in [0.2, 0.25) is 0 Å². The molecular weight excluding hydrogens is 313 g/mol. The highest BCUT2D eigenvalue weighted by molar-refractivity contribution is 6.37. The highest BCUT2D eigenvalue weighted by atomic mass is 35.5. The summed E-state index contributed by atoms with van der Waals surface area (Å²) in [6.45, 7) is 2.89. The first-order valence-corrected chi connectivity index (χ1v) is 7.74. The number of para-hydroxylation sites is 1. The highest BCUT2D eigenvalue weighted by Gasteiger charge is 2.26. The van der Waals surface area contributed by atoms with E-state index in [4.69, 9.17) is 32.7 Å². The van der Waals surface area contributed by atoms with Crippen molar-refractivity contribution in [1.29, 1.82) is 0 Å². The fourth-order valence-electron chi connectivity index (χ4n) is 2.51. The molecule has 1 aromatic rings. The number of piperidine rings is 1. The summed E-state index contributed by atoms with van der Waals surface area (Å²) in [7, 11) is 1.43. The Morgan fingerprint density at radius 3 is 2.76 bits per heavy atom. The third-order valence-corrected chi connectivity index (χ3v) is 4.21. The second-order valence-electron chi connectivity index (χ2n) is 5.06. The third kappa shape index (κ3) is 4.50. The number of nitrogens with zero attached hydrogens (tertiary/aromatic N) is 1.